The van der Waals surface area contributed by atoms with Crippen LogP contribution in [0.3, 0.4) is 0 Å². The van der Waals surface area contributed by atoms with Gasteiger partial charge >= 0.3 is 17.9 Å². The second-order valence-corrected chi connectivity index (χ2v) is 6.15. The molecule has 0 heterocycles. The molecule has 2 aliphatic rings. The van der Waals surface area contributed by atoms with Crippen molar-refractivity contribution in [1.82, 2.24) is 0 Å². The van der Waals surface area contributed by atoms with Crippen molar-refractivity contribution in [3.8, 4) is 0 Å². The topological polar surface area (TPSA) is 78.9 Å². The fourth-order valence-corrected chi connectivity index (χ4v) is 2.93. The van der Waals surface area contributed by atoms with E-state index >= 15 is 0 Å². The first-order valence-electron chi connectivity index (χ1n) is 8.28. The summed E-state index contributed by atoms with van der Waals surface area (Å²) >= 11 is 0. The lowest BCUT2D eigenvalue weighted by molar-refractivity contribution is -0.160. The summed E-state index contributed by atoms with van der Waals surface area (Å²) in [7, 11) is 0. The Morgan fingerprint density at radius 1 is 0.826 bits per heavy atom. The Labute approximate surface area is 136 Å². The highest BCUT2D eigenvalue weighted by molar-refractivity contribution is 5.94. The molecule has 2 rings (SSSR count). The van der Waals surface area contributed by atoms with Gasteiger partial charge in [-0.25, -0.2) is 9.59 Å². The maximum absolute atomic E-state index is 11.7. The number of ether oxygens (including phenoxy) is 3. The van der Waals surface area contributed by atoms with E-state index in [0.717, 1.165) is 51.4 Å². The third-order valence-electron chi connectivity index (χ3n) is 4.17. The van der Waals surface area contributed by atoms with Gasteiger partial charge in [-0.05, 0) is 51.4 Å². The summed E-state index contributed by atoms with van der Waals surface area (Å²) in [5.41, 5.74) is -0.0123. The predicted octanol–water partition coefficient (Wildman–Crippen LogP) is 2.45. The van der Waals surface area contributed by atoms with Crippen molar-refractivity contribution in [3.63, 3.8) is 0 Å². The summed E-state index contributed by atoms with van der Waals surface area (Å²) in [6, 6.07) is 0. The molecular weight excluding hydrogens is 300 g/mol. The lowest BCUT2D eigenvalue weighted by Gasteiger charge is -2.13. The SMILES string of the molecule is C=C(CC(=O)OC1CCCC1)C(=O)OCC(=O)OC1CCCC1. The molecule has 128 valence electrons. The normalized spacial score (nSPS) is 18.6. The Hall–Kier alpha value is -1.85. The lowest BCUT2D eigenvalue weighted by atomic mass is 10.2. The van der Waals surface area contributed by atoms with Crippen LogP contribution < -0.4 is 0 Å². The fourth-order valence-electron chi connectivity index (χ4n) is 2.93. The van der Waals surface area contributed by atoms with E-state index in [0.29, 0.717) is 0 Å². The molecule has 2 aliphatic carbocycles. The molecular formula is C17H24O6. The van der Waals surface area contributed by atoms with Crippen molar-refractivity contribution in [2.75, 3.05) is 6.61 Å². The standard InChI is InChI=1S/C17H24O6/c1-12(10-15(18)22-13-6-2-3-7-13)17(20)21-11-16(19)23-14-8-4-5-9-14/h13-14H,1-11H2. The second kappa shape index (κ2) is 8.70. The van der Waals surface area contributed by atoms with Crippen molar-refractivity contribution in [2.45, 2.75) is 70.0 Å². The molecule has 2 saturated carbocycles. The average molecular weight is 324 g/mol. The summed E-state index contributed by atoms with van der Waals surface area (Å²) in [5, 5.41) is 0. The van der Waals surface area contributed by atoms with Gasteiger partial charge in [-0.15, -0.1) is 0 Å². The molecule has 0 aromatic heterocycles. The summed E-state index contributed by atoms with van der Waals surface area (Å²) in [6.07, 6.45) is 7.36. The van der Waals surface area contributed by atoms with Gasteiger partial charge in [0.05, 0.1) is 6.42 Å². The quantitative estimate of drug-likeness (QED) is 0.406. The number of carbonyl (C=O) groups excluding carboxylic acids is 3. The molecule has 0 bridgehead atoms. The van der Waals surface area contributed by atoms with E-state index < -0.39 is 24.5 Å². The number of hydrogen-bond donors (Lipinski definition) is 0. The maximum atomic E-state index is 11.7. The van der Waals surface area contributed by atoms with Crippen LogP contribution in [-0.2, 0) is 28.6 Å². The summed E-state index contributed by atoms with van der Waals surface area (Å²) < 4.78 is 15.2. The Balaban J connectivity index is 1.62. The molecule has 0 spiro atoms. The van der Waals surface area contributed by atoms with E-state index in [1.165, 1.54) is 0 Å². The van der Waals surface area contributed by atoms with Gasteiger partial charge in [0, 0.05) is 5.57 Å². The van der Waals surface area contributed by atoms with Gasteiger partial charge in [-0.3, -0.25) is 4.79 Å². The Bertz CT molecular complexity index is 458. The van der Waals surface area contributed by atoms with Gasteiger partial charge in [0.25, 0.3) is 0 Å². The van der Waals surface area contributed by atoms with E-state index in [9.17, 15) is 14.4 Å². The molecule has 0 saturated heterocycles. The summed E-state index contributed by atoms with van der Waals surface area (Å²) in [5.74, 6) is -1.81. The molecule has 0 amide bonds. The van der Waals surface area contributed by atoms with E-state index in [-0.39, 0.29) is 24.2 Å². The molecule has 0 N–H and O–H groups in total. The first kappa shape index (κ1) is 17.5. The largest absolute Gasteiger partial charge is 0.462 e. The number of hydrogen-bond acceptors (Lipinski definition) is 6. The minimum atomic E-state index is -0.767. The van der Waals surface area contributed by atoms with Crippen LogP contribution in [0.2, 0.25) is 0 Å². The zero-order valence-electron chi connectivity index (χ0n) is 13.4. The molecule has 0 aromatic rings. The summed E-state index contributed by atoms with van der Waals surface area (Å²) in [4.78, 5) is 35.0. The first-order valence-corrected chi connectivity index (χ1v) is 8.28. The zero-order valence-corrected chi connectivity index (χ0v) is 13.4. The molecule has 0 unspecified atom stereocenters. The van der Waals surface area contributed by atoms with Crippen LogP contribution >= 0.6 is 0 Å². The maximum Gasteiger partial charge on any atom is 0.344 e. The monoisotopic (exact) mass is 324 g/mol. The second-order valence-electron chi connectivity index (χ2n) is 6.15. The zero-order chi connectivity index (χ0) is 16.7. The Morgan fingerprint density at radius 3 is 1.83 bits per heavy atom. The van der Waals surface area contributed by atoms with Crippen LogP contribution in [0.15, 0.2) is 12.2 Å². The Kier molecular flexibility index (Phi) is 6.62. The third kappa shape index (κ3) is 6.04. The van der Waals surface area contributed by atoms with Gasteiger partial charge in [-0.2, -0.15) is 0 Å². The molecule has 0 aromatic carbocycles. The van der Waals surface area contributed by atoms with E-state index in [2.05, 4.69) is 6.58 Å². The third-order valence-corrected chi connectivity index (χ3v) is 4.17. The minimum absolute atomic E-state index is 0.0123. The highest BCUT2D eigenvalue weighted by Crippen LogP contribution is 2.22. The van der Waals surface area contributed by atoms with Crippen LogP contribution in [0.1, 0.15) is 57.8 Å². The molecule has 23 heavy (non-hydrogen) atoms. The predicted molar refractivity (Wildman–Crippen MR) is 81.4 cm³/mol. The van der Waals surface area contributed by atoms with E-state index in [1.54, 1.807) is 0 Å². The van der Waals surface area contributed by atoms with Crippen LogP contribution in [0.25, 0.3) is 0 Å². The van der Waals surface area contributed by atoms with Gasteiger partial charge in [0.1, 0.15) is 12.2 Å². The van der Waals surface area contributed by atoms with Gasteiger partial charge in [0.2, 0.25) is 0 Å². The number of esters is 3. The molecule has 0 radical (unpaired) electrons. The Morgan fingerprint density at radius 2 is 1.30 bits per heavy atom. The van der Waals surface area contributed by atoms with Gasteiger partial charge < -0.3 is 14.2 Å². The average Bonchev–Trinajstić information content (AvgIpc) is 3.18. The first-order chi connectivity index (χ1) is 11.0. The van der Waals surface area contributed by atoms with Crippen LogP contribution in [0.4, 0.5) is 0 Å². The van der Waals surface area contributed by atoms with Crippen molar-refractivity contribution in [3.05, 3.63) is 12.2 Å². The highest BCUT2D eigenvalue weighted by Gasteiger charge is 2.23. The fraction of sp³-hybridized carbons (Fsp3) is 0.706. The number of rotatable bonds is 7. The van der Waals surface area contributed by atoms with Crippen molar-refractivity contribution >= 4 is 17.9 Å². The molecule has 0 atom stereocenters. The summed E-state index contributed by atoms with van der Waals surface area (Å²) in [6.45, 7) is 3.07. The molecule has 2 fully saturated rings. The minimum Gasteiger partial charge on any atom is -0.462 e. The van der Waals surface area contributed by atoms with E-state index in [1.807, 2.05) is 0 Å². The van der Waals surface area contributed by atoms with Crippen molar-refractivity contribution < 1.29 is 28.6 Å². The number of carbonyl (C=O) groups is 3. The molecule has 6 nitrogen and oxygen atoms in total. The molecule has 0 aliphatic heterocycles. The van der Waals surface area contributed by atoms with Crippen LogP contribution in [0.5, 0.6) is 0 Å². The van der Waals surface area contributed by atoms with E-state index in [4.69, 9.17) is 14.2 Å². The van der Waals surface area contributed by atoms with Gasteiger partial charge in [0.15, 0.2) is 6.61 Å². The lowest BCUT2D eigenvalue weighted by Crippen LogP contribution is -2.22. The smallest absolute Gasteiger partial charge is 0.344 e. The van der Waals surface area contributed by atoms with Crippen molar-refractivity contribution in [2.24, 2.45) is 0 Å². The molecule has 6 heteroatoms. The highest BCUT2D eigenvalue weighted by atomic mass is 16.6. The van der Waals surface area contributed by atoms with Crippen LogP contribution in [-0.4, -0.2) is 36.7 Å². The van der Waals surface area contributed by atoms with Crippen molar-refractivity contribution in [1.29, 1.82) is 0 Å². The van der Waals surface area contributed by atoms with Gasteiger partial charge in [-0.1, -0.05) is 6.58 Å². The van der Waals surface area contributed by atoms with Crippen LogP contribution in [0, 0.1) is 0 Å².